The Kier molecular flexibility index (Phi) is 5.68. The first-order chi connectivity index (χ1) is 13.7. The molecule has 0 bridgehead atoms. The predicted octanol–water partition coefficient (Wildman–Crippen LogP) is 5.28. The number of hydrogen-bond donors (Lipinski definition) is 0. The number of fused-ring (bicyclic) bond motifs is 1. The van der Waals surface area contributed by atoms with E-state index in [1.807, 2.05) is 34.5 Å². The lowest BCUT2D eigenvalue weighted by atomic mass is 9.84. The third-order valence-corrected chi connectivity index (χ3v) is 6.25. The van der Waals surface area contributed by atoms with Crippen LogP contribution in [-0.4, -0.2) is 23.1 Å². The van der Waals surface area contributed by atoms with Gasteiger partial charge in [-0.2, -0.15) is 0 Å². The monoisotopic (exact) mass is 389 g/mol. The van der Waals surface area contributed by atoms with Crippen LogP contribution in [0.25, 0.3) is 0 Å². The van der Waals surface area contributed by atoms with Crippen molar-refractivity contribution in [3.8, 4) is 0 Å². The molecule has 0 aliphatic carbocycles. The summed E-state index contributed by atoms with van der Waals surface area (Å²) in [6.07, 6.45) is 1.45. The summed E-state index contributed by atoms with van der Waals surface area (Å²) in [7, 11) is 0. The molecule has 1 aliphatic heterocycles. The van der Waals surface area contributed by atoms with E-state index in [1.54, 1.807) is 0 Å². The van der Waals surface area contributed by atoms with Gasteiger partial charge in [-0.3, -0.25) is 9.59 Å². The van der Waals surface area contributed by atoms with Crippen molar-refractivity contribution < 1.29 is 9.59 Å². The zero-order valence-corrected chi connectivity index (χ0v) is 16.5. The molecule has 1 atom stereocenters. The molecule has 3 aromatic rings. The van der Waals surface area contributed by atoms with E-state index in [2.05, 4.69) is 42.5 Å². The molecule has 3 nitrogen and oxygen atoms in total. The van der Waals surface area contributed by atoms with Crippen molar-refractivity contribution in [1.82, 2.24) is 4.90 Å². The van der Waals surface area contributed by atoms with Crippen LogP contribution in [0.3, 0.4) is 0 Å². The van der Waals surface area contributed by atoms with E-state index in [0.29, 0.717) is 32.4 Å². The van der Waals surface area contributed by atoms with E-state index in [-0.39, 0.29) is 17.6 Å². The van der Waals surface area contributed by atoms with Crippen molar-refractivity contribution in [3.05, 3.63) is 93.7 Å². The third-order valence-electron chi connectivity index (χ3n) is 5.34. The summed E-state index contributed by atoms with van der Waals surface area (Å²) in [6, 6.07) is 22.5. The van der Waals surface area contributed by atoms with E-state index in [1.165, 1.54) is 28.0 Å². The summed E-state index contributed by atoms with van der Waals surface area (Å²) in [5.74, 6) is 0.464. The highest BCUT2D eigenvalue weighted by molar-refractivity contribution is 7.12. The first kappa shape index (κ1) is 18.6. The number of nitrogens with zero attached hydrogens (tertiary/aromatic N) is 1. The van der Waals surface area contributed by atoms with Crippen LogP contribution < -0.4 is 0 Å². The second-order valence-corrected chi connectivity index (χ2v) is 8.14. The molecular formula is C24H23NO2S. The average Bonchev–Trinajstić information content (AvgIpc) is 3.28. The van der Waals surface area contributed by atoms with Crippen molar-refractivity contribution in [2.24, 2.45) is 0 Å². The Morgan fingerprint density at radius 2 is 1.71 bits per heavy atom. The van der Waals surface area contributed by atoms with Crippen LogP contribution in [0.1, 0.15) is 51.5 Å². The van der Waals surface area contributed by atoms with Crippen LogP contribution in [0.5, 0.6) is 0 Å². The fraction of sp³-hybridized carbons (Fsp3) is 0.250. The van der Waals surface area contributed by atoms with Crippen LogP contribution in [0.4, 0.5) is 0 Å². The van der Waals surface area contributed by atoms with Crippen LogP contribution in [0.2, 0.25) is 0 Å². The third kappa shape index (κ3) is 4.07. The highest BCUT2D eigenvalue weighted by Gasteiger charge is 2.28. The van der Waals surface area contributed by atoms with Gasteiger partial charge in [-0.1, -0.05) is 60.7 Å². The molecule has 1 aliphatic rings. The molecule has 2 heterocycles. The largest absolute Gasteiger partial charge is 0.337 e. The van der Waals surface area contributed by atoms with Gasteiger partial charge in [-0.25, -0.2) is 0 Å². The Balaban J connectivity index is 1.43. The number of thiophene rings is 1. The molecule has 0 N–H and O–H groups in total. The lowest BCUT2D eigenvalue weighted by molar-refractivity contribution is -0.132. The van der Waals surface area contributed by atoms with E-state index in [0.717, 1.165) is 4.88 Å². The number of ketones is 1. The number of rotatable bonds is 6. The molecule has 0 radical (unpaired) electrons. The van der Waals surface area contributed by atoms with E-state index < -0.39 is 0 Å². The van der Waals surface area contributed by atoms with Crippen molar-refractivity contribution in [3.63, 3.8) is 0 Å². The molecular weight excluding hydrogens is 366 g/mol. The predicted molar refractivity (Wildman–Crippen MR) is 113 cm³/mol. The highest BCUT2D eigenvalue weighted by Crippen LogP contribution is 2.33. The molecule has 142 valence electrons. The minimum absolute atomic E-state index is 0.133. The number of hydrogen-bond acceptors (Lipinski definition) is 3. The zero-order valence-electron chi connectivity index (χ0n) is 15.7. The topological polar surface area (TPSA) is 37.4 Å². The molecule has 4 rings (SSSR count). The van der Waals surface area contributed by atoms with E-state index in [4.69, 9.17) is 0 Å². The Morgan fingerprint density at radius 1 is 0.929 bits per heavy atom. The molecule has 28 heavy (non-hydrogen) atoms. The van der Waals surface area contributed by atoms with E-state index in [9.17, 15) is 9.59 Å². The molecule has 0 saturated carbocycles. The maximum atomic E-state index is 12.9. The first-order valence-corrected chi connectivity index (χ1v) is 10.6. The summed E-state index contributed by atoms with van der Waals surface area (Å²) in [5.41, 5.74) is 3.76. The second kappa shape index (κ2) is 8.53. The van der Waals surface area contributed by atoms with Gasteiger partial charge < -0.3 is 4.90 Å². The van der Waals surface area contributed by atoms with Gasteiger partial charge in [0, 0.05) is 31.8 Å². The number of benzene rings is 2. The van der Waals surface area contributed by atoms with Crippen molar-refractivity contribution in [1.29, 1.82) is 0 Å². The van der Waals surface area contributed by atoms with Gasteiger partial charge in [-0.15, -0.1) is 11.3 Å². The van der Waals surface area contributed by atoms with Crippen LogP contribution in [0, 0.1) is 0 Å². The van der Waals surface area contributed by atoms with Gasteiger partial charge in [0.25, 0.3) is 0 Å². The first-order valence-electron chi connectivity index (χ1n) is 9.69. The van der Waals surface area contributed by atoms with Crippen LogP contribution in [0.15, 0.2) is 72.1 Å². The van der Waals surface area contributed by atoms with Crippen molar-refractivity contribution in [2.45, 2.75) is 31.7 Å². The van der Waals surface area contributed by atoms with E-state index >= 15 is 0 Å². The lowest BCUT2D eigenvalue weighted by Crippen LogP contribution is -2.38. The second-order valence-electron chi connectivity index (χ2n) is 7.19. The summed E-state index contributed by atoms with van der Waals surface area (Å²) in [6.45, 7) is 1.34. The van der Waals surface area contributed by atoms with Crippen LogP contribution in [-0.2, 0) is 11.3 Å². The maximum absolute atomic E-state index is 12.9. The van der Waals surface area contributed by atoms with Gasteiger partial charge in [-0.05, 0) is 34.6 Å². The Hall–Kier alpha value is -2.72. The summed E-state index contributed by atoms with van der Waals surface area (Å²) >= 11 is 1.46. The van der Waals surface area contributed by atoms with Gasteiger partial charge in [0.1, 0.15) is 0 Å². The van der Waals surface area contributed by atoms with Gasteiger partial charge in [0.05, 0.1) is 4.88 Å². The number of carbonyl (C=O) groups excluding carboxylic acids is 2. The maximum Gasteiger partial charge on any atom is 0.222 e. The Labute approximate surface area is 169 Å². The molecule has 0 unspecified atom stereocenters. The zero-order chi connectivity index (χ0) is 19.3. The molecule has 0 fully saturated rings. The standard InChI is InChI=1S/C24H23NO2S/c26-22(23-13-7-15-28-23)12-6-14-24(27)25-16-19-10-4-5-11-20(19)21(17-25)18-8-2-1-3-9-18/h1-5,7-11,13,15,21H,6,12,14,16-17H2/t21-/m0/s1. The number of carbonyl (C=O) groups is 2. The average molecular weight is 390 g/mol. The number of amides is 1. The van der Waals surface area contributed by atoms with Gasteiger partial charge >= 0.3 is 0 Å². The number of Topliss-reactive ketones (excluding diaryl/α,β-unsaturated/α-hetero) is 1. The van der Waals surface area contributed by atoms with Gasteiger partial charge in [0.15, 0.2) is 5.78 Å². The highest BCUT2D eigenvalue weighted by atomic mass is 32.1. The molecule has 0 spiro atoms. The Bertz CT molecular complexity index is 950. The molecule has 1 aromatic heterocycles. The molecule has 1 amide bonds. The Morgan fingerprint density at radius 3 is 2.50 bits per heavy atom. The van der Waals surface area contributed by atoms with Crippen molar-refractivity contribution in [2.75, 3.05) is 6.54 Å². The minimum Gasteiger partial charge on any atom is -0.337 e. The fourth-order valence-corrected chi connectivity index (χ4v) is 4.58. The SMILES string of the molecule is O=C(CCCC(=O)N1Cc2ccccc2[C@H](c2ccccc2)C1)c1cccs1. The van der Waals surface area contributed by atoms with Crippen LogP contribution >= 0.6 is 11.3 Å². The molecule has 2 aromatic carbocycles. The lowest BCUT2D eigenvalue weighted by Gasteiger charge is -2.35. The summed E-state index contributed by atoms with van der Waals surface area (Å²) in [5, 5.41) is 1.91. The fourth-order valence-electron chi connectivity index (χ4n) is 3.89. The van der Waals surface area contributed by atoms with Gasteiger partial charge in [0.2, 0.25) is 5.91 Å². The normalized spacial score (nSPS) is 15.9. The molecule has 0 saturated heterocycles. The van der Waals surface area contributed by atoms with Crippen molar-refractivity contribution >= 4 is 23.0 Å². The quantitative estimate of drug-likeness (QED) is 0.538. The minimum atomic E-state index is 0.133. The summed E-state index contributed by atoms with van der Waals surface area (Å²) in [4.78, 5) is 27.8. The summed E-state index contributed by atoms with van der Waals surface area (Å²) < 4.78 is 0. The molecule has 4 heteroatoms. The smallest absolute Gasteiger partial charge is 0.222 e.